The Balaban J connectivity index is 1.63. The summed E-state index contributed by atoms with van der Waals surface area (Å²) in [5.41, 5.74) is 0.817. The van der Waals surface area contributed by atoms with Gasteiger partial charge in [0.2, 0.25) is 0 Å². The molecule has 0 aliphatic carbocycles. The molecular formula is C16H21NO3. The van der Waals surface area contributed by atoms with E-state index in [-0.39, 0.29) is 18.7 Å². The highest BCUT2D eigenvalue weighted by Crippen LogP contribution is 2.29. The van der Waals surface area contributed by atoms with E-state index in [2.05, 4.69) is 5.32 Å². The molecule has 2 aliphatic heterocycles. The normalized spacial score (nSPS) is 29.9. The van der Waals surface area contributed by atoms with Gasteiger partial charge in [0, 0.05) is 12.1 Å². The second-order valence-corrected chi connectivity index (χ2v) is 5.81. The van der Waals surface area contributed by atoms with E-state index in [1.54, 1.807) is 0 Å². The first kappa shape index (κ1) is 13.6. The quantitative estimate of drug-likeness (QED) is 0.819. The molecule has 2 fully saturated rings. The molecule has 0 unspecified atom stereocenters. The largest absolute Gasteiger partial charge is 0.462 e. The van der Waals surface area contributed by atoms with Crippen molar-refractivity contribution in [2.24, 2.45) is 0 Å². The van der Waals surface area contributed by atoms with Crippen LogP contribution in [0.4, 0.5) is 0 Å². The molecule has 3 rings (SSSR count). The first-order valence-electron chi connectivity index (χ1n) is 7.38. The Bertz CT molecular complexity index is 450. The van der Waals surface area contributed by atoms with Crippen molar-refractivity contribution in [1.82, 2.24) is 5.32 Å². The summed E-state index contributed by atoms with van der Waals surface area (Å²) in [5, 5.41) is 13.0. The third-order valence-corrected chi connectivity index (χ3v) is 4.38. The van der Waals surface area contributed by atoms with Crippen molar-refractivity contribution in [3.63, 3.8) is 0 Å². The zero-order valence-corrected chi connectivity index (χ0v) is 11.5. The third kappa shape index (κ3) is 2.86. The van der Waals surface area contributed by atoms with Crippen molar-refractivity contribution in [2.45, 2.75) is 49.8 Å². The van der Waals surface area contributed by atoms with Crippen LogP contribution in [0.5, 0.6) is 0 Å². The number of ether oxygens (including phenoxy) is 1. The molecule has 2 aliphatic rings. The second kappa shape index (κ2) is 5.94. The highest BCUT2D eigenvalue weighted by Gasteiger charge is 2.36. The van der Waals surface area contributed by atoms with E-state index < -0.39 is 5.92 Å². The number of carbonyl (C=O) groups is 1. The average Bonchev–Trinajstić information content (AvgIpc) is 2.80. The van der Waals surface area contributed by atoms with Crippen LogP contribution in [0.3, 0.4) is 0 Å². The van der Waals surface area contributed by atoms with Gasteiger partial charge in [-0.25, -0.2) is 0 Å². The summed E-state index contributed by atoms with van der Waals surface area (Å²) in [6, 6.07) is 10.3. The molecule has 3 atom stereocenters. The smallest absolute Gasteiger partial charge is 0.316 e. The Morgan fingerprint density at radius 3 is 2.50 bits per heavy atom. The summed E-state index contributed by atoms with van der Waals surface area (Å²) >= 11 is 0. The molecular weight excluding hydrogens is 254 g/mol. The molecule has 108 valence electrons. The van der Waals surface area contributed by atoms with E-state index in [4.69, 9.17) is 4.74 Å². The Hall–Kier alpha value is -1.39. The van der Waals surface area contributed by atoms with Crippen LogP contribution in [0.15, 0.2) is 30.3 Å². The topological polar surface area (TPSA) is 58.6 Å². The molecule has 0 amide bonds. The van der Waals surface area contributed by atoms with E-state index in [0.29, 0.717) is 12.1 Å². The first-order chi connectivity index (χ1) is 9.76. The first-order valence-corrected chi connectivity index (χ1v) is 7.38. The molecule has 4 nitrogen and oxygen atoms in total. The number of nitrogens with one attached hydrogen (secondary N) is 1. The molecule has 2 N–H and O–H groups in total. The summed E-state index contributed by atoms with van der Waals surface area (Å²) in [7, 11) is 0. The van der Waals surface area contributed by atoms with E-state index in [1.165, 1.54) is 12.8 Å². The fourth-order valence-corrected chi connectivity index (χ4v) is 3.35. The second-order valence-electron chi connectivity index (χ2n) is 5.81. The van der Waals surface area contributed by atoms with Crippen LogP contribution in [0, 0.1) is 0 Å². The summed E-state index contributed by atoms with van der Waals surface area (Å²) < 4.78 is 5.64. The van der Waals surface area contributed by atoms with Gasteiger partial charge in [-0.1, -0.05) is 30.3 Å². The number of carbonyl (C=O) groups excluding carboxylic acids is 1. The Morgan fingerprint density at radius 2 is 1.90 bits per heavy atom. The fraction of sp³-hybridized carbons (Fsp3) is 0.562. The minimum Gasteiger partial charge on any atom is -0.462 e. The summed E-state index contributed by atoms with van der Waals surface area (Å²) in [6.07, 6.45) is 4.16. The predicted molar refractivity (Wildman–Crippen MR) is 75.3 cm³/mol. The number of piperidine rings is 1. The lowest BCUT2D eigenvalue weighted by Gasteiger charge is -2.29. The number of hydrogen-bond acceptors (Lipinski definition) is 4. The molecule has 4 heteroatoms. The van der Waals surface area contributed by atoms with Gasteiger partial charge in [-0.2, -0.15) is 0 Å². The van der Waals surface area contributed by atoms with Crippen molar-refractivity contribution < 1.29 is 14.6 Å². The monoisotopic (exact) mass is 275 g/mol. The van der Waals surface area contributed by atoms with Gasteiger partial charge < -0.3 is 15.2 Å². The molecule has 2 heterocycles. The Morgan fingerprint density at radius 1 is 1.25 bits per heavy atom. The minimum absolute atomic E-state index is 0.000915. The van der Waals surface area contributed by atoms with E-state index >= 15 is 0 Å². The van der Waals surface area contributed by atoms with Gasteiger partial charge >= 0.3 is 5.97 Å². The van der Waals surface area contributed by atoms with Gasteiger partial charge in [0.15, 0.2) is 0 Å². The van der Waals surface area contributed by atoms with Crippen LogP contribution in [0.25, 0.3) is 0 Å². The lowest BCUT2D eigenvalue weighted by Crippen LogP contribution is -2.42. The van der Waals surface area contributed by atoms with Crippen molar-refractivity contribution in [1.29, 1.82) is 0 Å². The Kier molecular flexibility index (Phi) is 4.03. The van der Waals surface area contributed by atoms with Crippen LogP contribution >= 0.6 is 0 Å². The summed E-state index contributed by atoms with van der Waals surface area (Å²) in [5.74, 6) is -0.867. The maximum atomic E-state index is 12.3. The van der Waals surface area contributed by atoms with Gasteiger partial charge in [-0.3, -0.25) is 4.79 Å². The fourth-order valence-electron chi connectivity index (χ4n) is 3.35. The Labute approximate surface area is 119 Å². The molecule has 20 heavy (non-hydrogen) atoms. The standard InChI is InChI=1S/C16H21NO3/c18-10-15(11-4-2-1-3-5-11)16(19)20-14-8-12-6-7-13(9-14)17-12/h1-5,12-15,17-18H,6-10H2/t12-,13-,15+/m0/s1. The SMILES string of the molecule is O=C(OC1C[C@@H]2CC[C@@H](C1)N2)[C@H](CO)c1ccccc1. The summed E-state index contributed by atoms with van der Waals surface area (Å²) in [6.45, 7) is -0.208. The molecule has 1 aromatic carbocycles. The summed E-state index contributed by atoms with van der Waals surface area (Å²) in [4.78, 5) is 12.3. The molecule has 1 aromatic rings. The maximum absolute atomic E-state index is 12.3. The lowest BCUT2D eigenvalue weighted by atomic mass is 9.99. The number of esters is 1. The van der Waals surface area contributed by atoms with Crippen LogP contribution < -0.4 is 5.32 Å². The van der Waals surface area contributed by atoms with E-state index in [1.807, 2.05) is 30.3 Å². The number of benzene rings is 1. The van der Waals surface area contributed by atoms with Gasteiger partial charge in [-0.05, 0) is 31.2 Å². The van der Waals surface area contributed by atoms with E-state index in [9.17, 15) is 9.90 Å². The van der Waals surface area contributed by atoms with Gasteiger partial charge in [0.05, 0.1) is 6.61 Å². The van der Waals surface area contributed by atoms with Crippen LogP contribution in [-0.4, -0.2) is 35.9 Å². The predicted octanol–water partition coefficient (Wildman–Crippen LogP) is 1.59. The van der Waals surface area contributed by atoms with Gasteiger partial charge in [0.1, 0.15) is 12.0 Å². The lowest BCUT2D eigenvalue weighted by molar-refractivity contribution is -0.153. The number of aliphatic hydroxyl groups is 1. The molecule has 0 radical (unpaired) electrons. The zero-order chi connectivity index (χ0) is 13.9. The maximum Gasteiger partial charge on any atom is 0.316 e. The molecule has 0 aromatic heterocycles. The highest BCUT2D eigenvalue weighted by molar-refractivity contribution is 5.78. The van der Waals surface area contributed by atoms with Crippen molar-refractivity contribution in [3.05, 3.63) is 35.9 Å². The number of rotatable bonds is 4. The molecule has 0 saturated carbocycles. The van der Waals surface area contributed by atoms with Crippen molar-refractivity contribution in [2.75, 3.05) is 6.61 Å². The molecule has 0 spiro atoms. The van der Waals surface area contributed by atoms with E-state index in [0.717, 1.165) is 18.4 Å². The highest BCUT2D eigenvalue weighted by atomic mass is 16.5. The number of aliphatic hydroxyl groups excluding tert-OH is 1. The van der Waals surface area contributed by atoms with Gasteiger partial charge in [-0.15, -0.1) is 0 Å². The van der Waals surface area contributed by atoms with Crippen LogP contribution in [0.1, 0.15) is 37.2 Å². The molecule has 2 bridgehead atoms. The average molecular weight is 275 g/mol. The zero-order valence-electron chi connectivity index (χ0n) is 11.5. The molecule has 2 saturated heterocycles. The van der Waals surface area contributed by atoms with Gasteiger partial charge in [0.25, 0.3) is 0 Å². The number of hydrogen-bond donors (Lipinski definition) is 2. The van der Waals surface area contributed by atoms with Crippen LogP contribution in [-0.2, 0) is 9.53 Å². The number of fused-ring (bicyclic) bond motifs is 2. The van der Waals surface area contributed by atoms with Crippen molar-refractivity contribution >= 4 is 5.97 Å². The minimum atomic E-state index is -0.566. The third-order valence-electron chi connectivity index (χ3n) is 4.38. The van der Waals surface area contributed by atoms with Crippen molar-refractivity contribution in [3.8, 4) is 0 Å². The van der Waals surface area contributed by atoms with Crippen LogP contribution in [0.2, 0.25) is 0 Å².